The van der Waals surface area contributed by atoms with Crippen LogP contribution in [0.1, 0.15) is 33.2 Å². The summed E-state index contributed by atoms with van der Waals surface area (Å²) < 4.78 is 6.64. The minimum absolute atomic E-state index is 0.183. The highest BCUT2D eigenvalue weighted by atomic mass is 79.9. The van der Waals surface area contributed by atoms with Crippen LogP contribution in [0, 0.1) is 20.8 Å². The van der Waals surface area contributed by atoms with Crippen molar-refractivity contribution in [3.63, 3.8) is 0 Å². The van der Waals surface area contributed by atoms with E-state index in [0.29, 0.717) is 0 Å². The van der Waals surface area contributed by atoms with E-state index < -0.39 is 0 Å². The first kappa shape index (κ1) is 14.9. The van der Waals surface area contributed by atoms with Gasteiger partial charge in [-0.3, -0.25) is 0 Å². The molecule has 1 aromatic heterocycles. The summed E-state index contributed by atoms with van der Waals surface area (Å²) in [6.45, 7) is 6.20. The van der Waals surface area contributed by atoms with Gasteiger partial charge in [0.15, 0.2) is 0 Å². The Labute approximate surface area is 131 Å². The minimum atomic E-state index is -0.183. The summed E-state index contributed by atoms with van der Waals surface area (Å²) in [5.41, 5.74) is 5.66. The number of ether oxygens (including phenoxy) is 1. The molecule has 0 saturated carbocycles. The molecule has 19 heavy (non-hydrogen) atoms. The number of rotatable bonds is 3. The number of hydrogen-bond donors (Lipinski definition) is 0. The molecule has 0 aliphatic rings. The lowest BCUT2D eigenvalue weighted by molar-refractivity contribution is 0.406. The molecule has 0 bridgehead atoms. The summed E-state index contributed by atoms with van der Waals surface area (Å²) in [6.07, 6.45) is 0. The molecule has 4 heteroatoms. The molecule has 2 rings (SSSR count). The van der Waals surface area contributed by atoms with Gasteiger partial charge in [-0.05, 0) is 59.9 Å². The van der Waals surface area contributed by atoms with E-state index in [1.165, 1.54) is 5.56 Å². The highest BCUT2D eigenvalue weighted by Crippen LogP contribution is 2.43. The molecule has 0 saturated heterocycles. The van der Waals surface area contributed by atoms with Gasteiger partial charge in [0.1, 0.15) is 5.75 Å². The molecule has 1 heterocycles. The molecule has 0 radical (unpaired) electrons. The highest BCUT2D eigenvalue weighted by molar-refractivity contribution is 9.10. The van der Waals surface area contributed by atoms with Crippen LogP contribution in [-0.4, -0.2) is 7.11 Å². The van der Waals surface area contributed by atoms with Crippen molar-refractivity contribution in [1.29, 1.82) is 0 Å². The van der Waals surface area contributed by atoms with Crippen LogP contribution in [0.2, 0.25) is 0 Å². The Morgan fingerprint density at radius 2 is 1.89 bits per heavy atom. The Balaban J connectivity index is 2.64. The zero-order valence-electron chi connectivity index (χ0n) is 11.4. The van der Waals surface area contributed by atoms with Crippen LogP contribution in [0.15, 0.2) is 21.3 Å². The van der Waals surface area contributed by atoms with Crippen molar-refractivity contribution in [3.05, 3.63) is 49.1 Å². The van der Waals surface area contributed by atoms with Crippen molar-refractivity contribution in [1.82, 2.24) is 0 Å². The number of methoxy groups -OCH3 is 1. The maximum atomic E-state index is 6.72. The van der Waals surface area contributed by atoms with Gasteiger partial charge in [0.2, 0.25) is 0 Å². The maximum Gasteiger partial charge on any atom is 0.127 e. The predicted molar refractivity (Wildman–Crippen MR) is 86.9 cm³/mol. The molecular weight excluding hydrogens is 344 g/mol. The molecule has 1 atom stereocenters. The highest BCUT2D eigenvalue weighted by Gasteiger charge is 2.23. The van der Waals surface area contributed by atoms with E-state index in [4.69, 9.17) is 16.3 Å². The topological polar surface area (TPSA) is 9.23 Å². The average molecular weight is 360 g/mol. The Bertz CT molecular complexity index is 606. The van der Waals surface area contributed by atoms with Gasteiger partial charge in [0.05, 0.1) is 12.5 Å². The number of halogens is 2. The van der Waals surface area contributed by atoms with Gasteiger partial charge < -0.3 is 4.74 Å². The Morgan fingerprint density at radius 3 is 2.42 bits per heavy atom. The molecule has 1 unspecified atom stereocenters. The van der Waals surface area contributed by atoms with Crippen molar-refractivity contribution in [2.75, 3.05) is 7.11 Å². The third kappa shape index (κ3) is 2.69. The number of aryl methyl sites for hydroxylation is 2. The predicted octanol–water partition coefficient (Wildman–Crippen LogP) is 5.77. The standard InChI is InChI=1S/C15H16BrClOS/c1-8-5-12(16)10(3)13(15(8)18-4)14(17)11-7-19-6-9(11)2/h5-7,14H,1-4H3. The lowest BCUT2D eigenvalue weighted by atomic mass is 9.96. The summed E-state index contributed by atoms with van der Waals surface area (Å²) in [5, 5.41) is 4.05. The first-order valence-electron chi connectivity index (χ1n) is 5.97. The van der Waals surface area contributed by atoms with Gasteiger partial charge in [-0.1, -0.05) is 15.9 Å². The van der Waals surface area contributed by atoms with E-state index in [1.807, 2.05) is 6.92 Å². The van der Waals surface area contributed by atoms with Crippen molar-refractivity contribution in [3.8, 4) is 5.75 Å². The van der Waals surface area contributed by atoms with E-state index in [1.54, 1.807) is 18.4 Å². The molecule has 1 aromatic carbocycles. The van der Waals surface area contributed by atoms with Crippen LogP contribution in [0.25, 0.3) is 0 Å². The molecule has 0 aliphatic carbocycles. The average Bonchev–Trinajstić information content (AvgIpc) is 2.79. The second-order valence-electron chi connectivity index (χ2n) is 4.62. The van der Waals surface area contributed by atoms with Crippen molar-refractivity contribution < 1.29 is 4.74 Å². The largest absolute Gasteiger partial charge is 0.496 e. The first-order chi connectivity index (χ1) is 8.97. The van der Waals surface area contributed by atoms with E-state index in [-0.39, 0.29) is 5.38 Å². The summed E-state index contributed by atoms with van der Waals surface area (Å²) in [7, 11) is 1.70. The van der Waals surface area contributed by atoms with E-state index in [2.05, 4.69) is 46.6 Å². The molecule has 0 spiro atoms. The summed E-state index contributed by atoms with van der Waals surface area (Å²) >= 11 is 12.0. The smallest absolute Gasteiger partial charge is 0.127 e. The molecule has 0 fully saturated rings. The Hall–Kier alpha value is -0.510. The number of benzene rings is 1. The zero-order valence-corrected chi connectivity index (χ0v) is 14.5. The minimum Gasteiger partial charge on any atom is -0.496 e. The second kappa shape index (κ2) is 5.86. The van der Waals surface area contributed by atoms with Crippen molar-refractivity contribution >= 4 is 38.9 Å². The molecule has 0 amide bonds. The van der Waals surface area contributed by atoms with Gasteiger partial charge >= 0.3 is 0 Å². The lowest BCUT2D eigenvalue weighted by Gasteiger charge is -2.20. The van der Waals surface area contributed by atoms with Gasteiger partial charge in [0.25, 0.3) is 0 Å². The Morgan fingerprint density at radius 1 is 1.21 bits per heavy atom. The SMILES string of the molecule is COc1c(C)cc(Br)c(C)c1C(Cl)c1cscc1C. The van der Waals surface area contributed by atoms with Crippen LogP contribution in [-0.2, 0) is 0 Å². The van der Waals surface area contributed by atoms with Crippen LogP contribution >= 0.6 is 38.9 Å². The van der Waals surface area contributed by atoms with E-state index >= 15 is 0 Å². The fourth-order valence-corrected chi connectivity index (χ4v) is 4.24. The monoisotopic (exact) mass is 358 g/mol. The van der Waals surface area contributed by atoms with Crippen LogP contribution in [0.4, 0.5) is 0 Å². The Kier molecular flexibility index (Phi) is 4.59. The molecule has 1 nitrogen and oxygen atoms in total. The van der Waals surface area contributed by atoms with Gasteiger partial charge in [-0.2, -0.15) is 11.3 Å². The summed E-state index contributed by atoms with van der Waals surface area (Å²) in [5.74, 6) is 0.881. The van der Waals surface area contributed by atoms with Gasteiger partial charge in [-0.25, -0.2) is 0 Å². The first-order valence-corrected chi connectivity index (χ1v) is 8.15. The van der Waals surface area contributed by atoms with Crippen LogP contribution in [0.3, 0.4) is 0 Å². The van der Waals surface area contributed by atoms with Gasteiger partial charge in [-0.15, -0.1) is 11.6 Å². The molecule has 0 aliphatic heterocycles. The molecule has 102 valence electrons. The third-order valence-electron chi connectivity index (χ3n) is 3.33. The second-order valence-corrected chi connectivity index (χ2v) is 6.65. The summed E-state index contributed by atoms with van der Waals surface area (Å²) in [4.78, 5) is 0. The summed E-state index contributed by atoms with van der Waals surface area (Å²) in [6, 6.07) is 2.07. The number of thiophene rings is 1. The van der Waals surface area contributed by atoms with E-state index in [0.717, 1.165) is 32.5 Å². The molecular formula is C15H16BrClOS. The third-order valence-corrected chi connectivity index (χ3v) is 5.49. The van der Waals surface area contributed by atoms with Gasteiger partial charge in [0, 0.05) is 10.0 Å². The fraction of sp³-hybridized carbons (Fsp3) is 0.333. The molecule has 0 N–H and O–H groups in total. The molecule has 2 aromatic rings. The van der Waals surface area contributed by atoms with Crippen LogP contribution in [0.5, 0.6) is 5.75 Å². The lowest BCUT2D eigenvalue weighted by Crippen LogP contribution is -2.03. The van der Waals surface area contributed by atoms with E-state index in [9.17, 15) is 0 Å². The van der Waals surface area contributed by atoms with Crippen molar-refractivity contribution in [2.45, 2.75) is 26.1 Å². The number of hydrogen-bond acceptors (Lipinski definition) is 2. The zero-order chi connectivity index (χ0) is 14.2. The number of alkyl halides is 1. The quantitative estimate of drug-likeness (QED) is 0.632. The maximum absolute atomic E-state index is 6.72. The van der Waals surface area contributed by atoms with Crippen LogP contribution < -0.4 is 4.74 Å². The van der Waals surface area contributed by atoms with Crippen molar-refractivity contribution in [2.24, 2.45) is 0 Å². The fourth-order valence-electron chi connectivity index (χ4n) is 2.24. The normalized spacial score (nSPS) is 12.5.